The maximum absolute atomic E-state index is 13.3. The van der Waals surface area contributed by atoms with Gasteiger partial charge in [-0.15, -0.1) is 0 Å². The monoisotopic (exact) mass is 404 g/mol. The molecule has 0 heterocycles. The van der Waals surface area contributed by atoms with Crippen LogP contribution in [0, 0.1) is 0 Å². The molecule has 2 amide bonds. The summed E-state index contributed by atoms with van der Waals surface area (Å²) in [5.41, 5.74) is 3.29. The van der Waals surface area contributed by atoms with Gasteiger partial charge in [-0.1, -0.05) is 79.2 Å². The van der Waals surface area contributed by atoms with Crippen molar-refractivity contribution in [2.75, 3.05) is 6.54 Å². The van der Waals surface area contributed by atoms with Crippen LogP contribution in [0.3, 0.4) is 0 Å². The van der Waals surface area contributed by atoms with Crippen LogP contribution in [0.25, 0.3) is 0 Å². The topological polar surface area (TPSA) is 49.4 Å². The number of carbonyl (C=O) groups is 2. The molecule has 2 aromatic carbocycles. The fourth-order valence-corrected chi connectivity index (χ4v) is 3.99. The largest absolute Gasteiger partial charge is 0.354 e. The number of amides is 2. The van der Waals surface area contributed by atoms with E-state index in [1.807, 2.05) is 67.6 Å². The molecule has 4 heteroatoms. The van der Waals surface area contributed by atoms with Gasteiger partial charge in [0.25, 0.3) is 0 Å². The highest BCUT2D eigenvalue weighted by Gasteiger charge is 2.30. The van der Waals surface area contributed by atoms with E-state index >= 15 is 0 Å². The van der Waals surface area contributed by atoms with Gasteiger partial charge in [-0.25, -0.2) is 0 Å². The molecule has 0 aliphatic heterocycles. The van der Waals surface area contributed by atoms with Gasteiger partial charge in [0.1, 0.15) is 6.04 Å². The van der Waals surface area contributed by atoms with Crippen molar-refractivity contribution in [3.05, 3.63) is 83.4 Å². The lowest BCUT2D eigenvalue weighted by Crippen LogP contribution is -2.43. The Hall–Kier alpha value is -2.88. The minimum atomic E-state index is -0.640. The van der Waals surface area contributed by atoms with Gasteiger partial charge in [-0.05, 0) is 43.2 Å². The number of benzene rings is 2. The summed E-state index contributed by atoms with van der Waals surface area (Å²) in [6.07, 6.45) is 8.33. The number of hydrogen-bond donors (Lipinski definition) is 1. The zero-order valence-corrected chi connectivity index (χ0v) is 17.8. The van der Waals surface area contributed by atoms with Gasteiger partial charge in [0.15, 0.2) is 0 Å². The van der Waals surface area contributed by atoms with Crippen molar-refractivity contribution < 1.29 is 9.59 Å². The van der Waals surface area contributed by atoms with Gasteiger partial charge in [-0.2, -0.15) is 0 Å². The van der Waals surface area contributed by atoms with E-state index in [0.717, 1.165) is 30.4 Å². The minimum Gasteiger partial charge on any atom is -0.354 e. The number of nitrogens with one attached hydrogen (secondary N) is 1. The van der Waals surface area contributed by atoms with E-state index in [0.29, 0.717) is 19.5 Å². The highest BCUT2D eigenvalue weighted by Crippen LogP contribution is 2.25. The van der Waals surface area contributed by atoms with Crippen LogP contribution in [0.2, 0.25) is 0 Å². The number of hydrogen-bond acceptors (Lipinski definition) is 2. The molecular weight excluding hydrogens is 372 g/mol. The van der Waals surface area contributed by atoms with Crippen LogP contribution in [0.5, 0.6) is 0 Å². The normalized spacial score (nSPS) is 14.5. The summed E-state index contributed by atoms with van der Waals surface area (Å²) >= 11 is 0. The summed E-state index contributed by atoms with van der Waals surface area (Å²) in [5, 5.41) is 3.10. The maximum Gasteiger partial charge on any atom is 0.247 e. The third kappa shape index (κ3) is 6.06. The third-order valence-electron chi connectivity index (χ3n) is 5.62. The molecule has 0 fully saturated rings. The van der Waals surface area contributed by atoms with Crippen LogP contribution in [-0.2, 0) is 16.1 Å². The minimum absolute atomic E-state index is 0.0298. The average Bonchev–Trinajstić information content (AvgIpc) is 2.80. The third-order valence-corrected chi connectivity index (χ3v) is 5.62. The first kappa shape index (κ1) is 21.8. The number of carbonyl (C=O) groups excluding carboxylic acids is 2. The number of nitrogens with zero attached hydrogens (tertiary/aromatic N) is 1. The zero-order valence-electron chi connectivity index (χ0n) is 17.8. The highest BCUT2D eigenvalue weighted by molar-refractivity contribution is 5.88. The fourth-order valence-electron chi connectivity index (χ4n) is 3.99. The second-order valence-corrected chi connectivity index (χ2v) is 7.82. The molecule has 1 N–H and O–H groups in total. The molecule has 2 aromatic rings. The summed E-state index contributed by atoms with van der Waals surface area (Å²) in [5.74, 6) is -0.145. The van der Waals surface area contributed by atoms with Crippen LogP contribution in [-0.4, -0.2) is 23.3 Å². The van der Waals surface area contributed by atoms with Crippen LogP contribution in [0.1, 0.15) is 62.6 Å². The first-order valence-electron chi connectivity index (χ1n) is 11.0. The van der Waals surface area contributed by atoms with E-state index in [9.17, 15) is 9.59 Å². The van der Waals surface area contributed by atoms with Crippen molar-refractivity contribution in [3.63, 3.8) is 0 Å². The van der Waals surface area contributed by atoms with E-state index in [2.05, 4.69) is 11.4 Å². The lowest BCUT2D eigenvalue weighted by atomic mass is 9.97. The van der Waals surface area contributed by atoms with E-state index in [4.69, 9.17) is 0 Å². The Morgan fingerprint density at radius 3 is 2.33 bits per heavy atom. The Kier molecular flexibility index (Phi) is 8.25. The molecule has 0 saturated carbocycles. The van der Waals surface area contributed by atoms with Crippen molar-refractivity contribution in [3.8, 4) is 0 Å². The summed E-state index contributed by atoms with van der Waals surface area (Å²) in [4.78, 5) is 27.9. The molecule has 0 aromatic heterocycles. The Morgan fingerprint density at radius 2 is 1.70 bits per heavy atom. The van der Waals surface area contributed by atoms with Crippen molar-refractivity contribution in [2.24, 2.45) is 0 Å². The lowest BCUT2D eigenvalue weighted by molar-refractivity contribution is -0.141. The van der Waals surface area contributed by atoms with Crippen LogP contribution >= 0.6 is 0 Å². The lowest BCUT2D eigenvalue weighted by Gasteiger charge is -2.31. The van der Waals surface area contributed by atoms with E-state index in [1.54, 1.807) is 4.90 Å². The number of rotatable bonds is 9. The molecule has 1 aliphatic carbocycles. The Morgan fingerprint density at radius 1 is 1.00 bits per heavy atom. The molecule has 3 rings (SSSR count). The summed E-state index contributed by atoms with van der Waals surface area (Å²) < 4.78 is 0. The molecule has 4 nitrogen and oxygen atoms in total. The van der Waals surface area contributed by atoms with Gasteiger partial charge >= 0.3 is 0 Å². The summed E-state index contributed by atoms with van der Waals surface area (Å²) in [6.45, 7) is 2.86. The van der Waals surface area contributed by atoms with Crippen LogP contribution in [0.4, 0.5) is 0 Å². The van der Waals surface area contributed by atoms with Crippen molar-refractivity contribution in [1.29, 1.82) is 0 Å². The predicted molar refractivity (Wildman–Crippen MR) is 121 cm³/mol. The van der Waals surface area contributed by atoms with Gasteiger partial charge < -0.3 is 10.2 Å². The van der Waals surface area contributed by atoms with Gasteiger partial charge in [-0.3, -0.25) is 9.59 Å². The maximum atomic E-state index is 13.3. The van der Waals surface area contributed by atoms with Crippen molar-refractivity contribution >= 4 is 11.8 Å². The molecule has 1 aliphatic rings. The first-order valence-corrected chi connectivity index (χ1v) is 11.0. The molecule has 158 valence electrons. The van der Waals surface area contributed by atoms with E-state index in [-0.39, 0.29) is 11.8 Å². The summed E-state index contributed by atoms with van der Waals surface area (Å²) in [6, 6.07) is 18.8. The molecular formula is C26H32N2O2. The van der Waals surface area contributed by atoms with Crippen molar-refractivity contribution in [1.82, 2.24) is 10.2 Å². The fraction of sp³-hybridized carbons (Fsp3) is 0.385. The number of allylic oxidation sites excluding steroid dienone is 1. The molecule has 0 radical (unpaired) electrons. The molecule has 30 heavy (non-hydrogen) atoms. The smallest absolute Gasteiger partial charge is 0.247 e. The Labute approximate surface area is 180 Å². The molecule has 0 bridgehead atoms. The van der Waals surface area contributed by atoms with Gasteiger partial charge in [0.05, 0.1) is 0 Å². The quantitative estimate of drug-likeness (QED) is 0.586. The van der Waals surface area contributed by atoms with E-state index in [1.165, 1.54) is 18.4 Å². The average molecular weight is 405 g/mol. The predicted octanol–water partition coefficient (Wildman–Crippen LogP) is 5.17. The highest BCUT2D eigenvalue weighted by atomic mass is 16.2. The van der Waals surface area contributed by atoms with Crippen LogP contribution in [0.15, 0.2) is 72.3 Å². The standard InChI is InChI=1S/C26H32N2O2/c1-2-24(29)28(20-22-14-8-4-9-15-22)25(23-16-10-5-11-17-23)26(30)27-19-18-21-12-6-3-7-13-21/h4-5,8-12,14-17,25H,2-3,6-7,13,18-20H2,1H3,(H,27,30). The zero-order chi connectivity index (χ0) is 21.2. The summed E-state index contributed by atoms with van der Waals surface area (Å²) in [7, 11) is 0. The second kappa shape index (κ2) is 11.3. The second-order valence-electron chi connectivity index (χ2n) is 7.82. The molecule has 0 saturated heterocycles. The first-order chi connectivity index (χ1) is 14.7. The Balaban J connectivity index is 1.79. The van der Waals surface area contributed by atoms with Crippen LogP contribution < -0.4 is 5.32 Å². The van der Waals surface area contributed by atoms with Gasteiger partial charge in [0, 0.05) is 19.5 Å². The van der Waals surface area contributed by atoms with Gasteiger partial charge in [0.2, 0.25) is 11.8 Å². The Bertz CT molecular complexity index is 846. The SMILES string of the molecule is CCC(=O)N(Cc1ccccc1)C(C(=O)NCCC1=CCCCC1)c1ccccc1. The molecule has 1 unspecified atom stereocenters. The molecule has 1 atom stereocenters. The van der Waals surface area contributed by atoms with E-state index < -0.39 is 6.04 Å². The van der Waals surface area contributed by atoms with Crippen molar-refractivity contribution in [2.45, 2.75) is 58.0 Å². The molecule has 0 spiro atoms.